The summed E-state index contributed by atoms with van der Waals surface area (Å²) in [6.45, 7) is 18.3. The monoisotopic (exact) mass is 232 g/mol. The first-order valence-corrected chi connectivity index (χ1v) is 6.30. The highest BCUT2D eigenvalue weighted by atomic mass is 14.0. The Balaban J connectivity index is 0. The average molecular weight is 232 g/mol. The van der Waals surface area contributed by atoms with Crippen molar-refractivity contribution in [3.05, 3.63) is 59.3 Å². The van der Waals surface area contributed by atoms with E-state index in [0.29, 0.717) is 0 Å². The molecule has 0 spiro atoms. The molecule has 0 nitrogen and oxygen atoms in total. The van der Waals surface area contributed by atoms with Crippen LogP contribution >= 0.6 is 0 Å². The maximum absolute atomic E-state index is 3.85. The fourth-order valence-electron chi connectivity index (χ4n) is 1.41. The van der Waals surface area contributed by atoms with Gasteiger partial charge in [-0.3, -0.25) is 0 Å². The lowest BCUT2D eigenvalue weighted by atomic mass is 10.0. The lowest BCUT2D eigenvalue weighted by Gasteiger charge is -2.01. The van der Waals surface area contributed by atoms with Crippen molar-refractivity contribution < 1.29 is 0 Å². The van der Waals surface area contributed by atoms with E-state index < -0.39 is 0 Å². The summed E-state index contributed by atoms with van der Waals surface area (Å²) in [5, 5.41) is 0. The second-order valence-electron chi connectivity index (χ2n) is 3.95. The highest BCUT2D eigenvalue weighted by Gasteiger charge is 1.93. The van der Waals surface area contributed by atoms with Gasteiger partial charge in [-0.1, -0.05) is 62.0 Å². The van der Waals surface area contributed by atoms with Gasteiger partial charge < -0.3 is 0 Å². The van der Waals surface area contributed by atoms with Crippen LogP contribution in [0.25, 0.3) is 0 Å². The molecule has 0 saturated heterocycles. The second kappa shape index (κ2) is 11.2. The van der Waals surface area contributed by atoms with Crippen molar-refractivity contribution in [3.63, 3.8) is 0 Å². The van der Waals surface area contributed by atoms with Gasteiger partial charge in [0.2, 0.25) is 0 Å². The lowest BCUT2D eigenvalue weighted by molar-refractivity contribution is 1.33. The van der Waals surface area contributed by atoms with Gasteiger partial charge in [0, 0.05) is 0 Å². The zero-order chi connectivity index (χ0) is 13.8. The Bertz CT molecular complexity index is 329. The molecule has 0 amide bonds. The summed E-state index contributed by atoms with van der Waals surface area (Å²) < 4.78 is 0. The van der Waals surface area contributed by atoms with Crippen molar-refractivity contribution in [1.82, 2.24) is 0 Å². The highest BCUT2D eigenvalue weighted by Crippen LogP contribution is 2.13. The summed E-state index contributed by atoms with van der Waals surface area (Å²) in [4.78, 5) is 0. The van der Waals surface area contributed by atoms with Crippen LogP contribution in [0.3, 0.4) is 0 Å². The molecule has 0 fully saturated rings. The Kier molecular flexibility index (Phi) is 11.9. The summed E-state index contributed by atoms with van der Waals surface area (Å²) in [5.41, 5.74) is 5.00. The van der Waals surface area contributed by atoms with Crippen molar-refractivity contribution in [3.8, 4) is 0 Å². The largest absolute Gasteiger partial charge is 0.0985 e. The minimum Gasteiger partial charge on any atom is -0.0985 e. The number of hydrogen-bond donors (Lipinski definition) is 0. The van der Waals surface area contributed by atoms with Gasteiger partial charge in [0.15, 0.2) is 0 Å². The summed E-state index contributed by atoms with van der Waals surface area (Å²) in [6, 6.07) is 0. The molecule has 17 heavy (non-hydrogen) atoms. The minimum absolute atomic E-state index is 1.19. The zero-order valence-corrected chi connectivity index (χ0v) is 12.6. The normalized spacial score (nSPS) is 12.5. The number of hydrogen-bond acceptors (Lipinski definition) is 0. The molecule has 96 valence electrons. The molecule has 0 heterocycles. The lowest BCUT2D eigenvalue weighted by Crippen LogP contribution is -1.81. The van der Waals surface area contributed by atoms with Crippen LogP contribution in [0.5, 0.6) is 0 Å². The Morgan fingerprint density at radius 1 is 0.941 bits per heavy atom. The zero-order valence-electron chi connectivity index (χ0n) is 12.6. The van der Waals surface area contributed by atoms with E-state index in [-0.39, 0.29) is 0 Å². The fraction of sp³-hybridized carbons (Fsp3) is 0.412. The van der Waals surface area contributed by atoms with Crippen molar-refractivity contribution in [1.29, 1.82) is 0 Å². The first-order chi connectivity index (χ1) is 8.01. The van der Waals surface area contributed by atoms with Crippen LogP contribution < -0.4 is 0 Å². The molecule has 0 unspecified atom stereocenters. The van der Waals surface area contributed by atoms with E-state index in [1.165, 1.54) is 22.3 Å². The van der Waals surface area contributed by atoms with Gasteiger partial charge in [0.05, 0.1) is 0 Å². The van der Waals surface area contributed by atoms with E-state index in [1.807, 2.05) is 32.9 Å². The topological polar surface area (TPSA) is 0 Å². The maximum atomic E-state index is 3.85. The number of allylic oxidation sites excluding steroid dienone is 9. The van der Waals surface area contributed by atoms with Gasteiger partial charge in [0.1, 0.15) is 0 Å². The van der Waals surface area contributed by atoms with E-state index >= 15 is 0 Å². The Labute approximate surface area is 108 Å². The van der Waals surface area contributed by atoms with Crippen molar-refractivity contribution >= 4 is 0 Å². The van der Waals surface area contributed by atoms with E-state index in [9.17, 15) is 0 Å². The van der Waals surface area contributed by atoms with Crippen LogP contribution in [0, 0.1) is 0 Å². The van der Waals surface area contributed by atoms with Crippen LogP contribution in [0.4, 0.5) is 0 Å². The third-order valence-electron chi connectivity index (χ3n) is 1.99. The molecule has 0 aliphatic rings. The molecule has 0 aromatic heterocycles. The summed E-state index contributed by atoms with van der Waals surface area (Å²) >= 11 is 0. The molecular formula is C17H28. The molecule has 0 aliphatic heterocycles. The van der Waals surface area contributed by atoms with Crippen LogP contribution in [0.1, 0.15) is 48.5 Å². The Hall–Kier alpha value is -1.30. The molecule has 0 aromatic rings. The standard InChI is InChI=1S/C15H22.C2H6/c1-7-9-13(5)11-15(8-2)14(6)10-12(3)4;1-2/h7-11H,2H2,1,3-6H3;1-2H3/b9-7-,13-11-,15-14+;. The average Bonchev–Trinajstić information content (AvgIpc) is 2.28. The minimum atomic E-state index is 1.19. The quantitative estimate of drug-likeness (QED) is 0.521. The van der Waals surface area contributed by atoms with Gasteiger partial charge in [-0.2, -0.15) is 0 Å². The van der Waals surface area contributed by atoms with Gasteiger partial charge in [-0.25, -0.2) is 0 Å². The first kappa shape index (κ1) is 18.1. The van der Waals surface area contributed by atoms with E-state index in [2.05, 4.69) is 52.5 Å². The molecule has 0 N–H and O–H groups in total. The summed E-state index contributed by atoms with van der Waals surface area (Å²) in [7, 11) is 0. The second-order valence-corrected chi connectivity index (χ2v) is 3.95. The molecule has 0 saturated carbocycles. The van der Waals surface area contributed by atoms with Gasteiger partial charge in [-0.15, -0.1) is 0 Å². The van der Waals surface area contributed by atoms with E-state index in [0.717, 1.165) is 0 Å². The van der Waals surface area contributed by atoms with Crippen LogP contribution in [-0.2, 0) is 0 Å². The predicted octanol–water partition coefficient (Wildman–Crippen LogP) is 6.00. The Morgan fingerprint density at radius 3 is 1.82 bits per heavy atom. The van der Waals surface area contributed by atoms with E-state index in [1.54, 1.807) is 0 Å². The number of rotatable bonds is 4. The summed E-state index contributed by atoms with van der Waals surface area (Å²) in [6.07, 6.45) is 10.4. The highest BCUT2D eigenvalue weighted by molar-refractivity contribution is 5.42. The van der Waals surface area contributed by atoms with Crippen molar-refractivity contribution in [2.75, 3.05) is 0 Å². The molecule has 0 radical (unpaired) electrons. The smallest absolute Gasteiger partial charge is 0.0231 e. The molecular weight excluding hydrogens is 204 g/mol. The summed E-state index contributed by atoms with van der Waals surface area (Å²) in [5.74, 6) is 0. The van der Waals surface area contributed by atoms with Crippen LogP contribution in [0.2, 0.25) is 0 Å². The molecule has 0 atom stereocenters. The molecule has 0 heteroatoms. The molecule has 0 bridgehead atoms. The van der Waals surface area contributed by atoms with Gasteiger partial charge >= 0.3 is 0 Å². The van der Waals surface area contributed by atoms with Gasteiger partial charge in [-0.05, 0) is 45.8 Å². The third-order valence-corrected chi connectivity index (χ3v) is 1.99. The fourth-order valence-corrected chi connectivity index (χ4v) is 1.41. The van der Waals surface area contributed by atoms with Crippen molar-refractivity contribution in [2.45, 2.75) is 48.5 Å². The molecule has 0 rings (SSSR count). The first-order valence-electron chi connectivity index (χ1n) is 6.30. The van der Waals surface area contributed by atoms with Gasteiger partial charge in [0.25, 0.3) is 0 Å². The maximum Gasteiger partial charge on any atom is -0.0231 e. The predicted molar refractivity (Wildman–Crippen MR) is 82.2 cm³/mol. The van der Waals surface area contributed by atoms with Crippen LogP contribution in [0.15, 0.2) is 59.3 Å². The SMILES string of the molecule is C=CC(/C=C(C)\C=C/C)=C(/C)C=C(C)C.CC. The van der Waals surface area contributed by atoms with E-state index in [4.69, 9.17) is 0 Å². The third kappa shape index (κ3) is 9.62. The molecule has 0 aliphatic carbocycles. The van der Waals surface area contributed by atoms with Crippen molar-refractivity contribution in [2.24, 2.45) is 0 Å². The van der Waals surface area contributed by atoms with Crippen LogP contribution in [-0.4, -0.2) is 0 Å². The Morgan fingerprint density at radius 2 is 1.47 bits per heavy atom. The molecule has 0 aromatic carbocycles.